The molecule has 0 bridgehead atoms. The predicted octanol–water partition coefficient (Wildman–Crippen LogP) is 14.4. The molecule has 9 aromatic rings. The molecule has 64 heavy (non-hydrogen) atoms. The molecular weight excluding hydrogens is 964 g/mol. The minimum absolute atomic E-state index is 0. The number of fused-ring (bicyclic) bond motifs is 4. The molecule has 0 unspecified atom stereocenters. The molecule has 0 saturated heterocycles. The van der Waals surface area contributed by atoms with Crippen LogP contribution in [-0.2, 0) is 39.5 Å². The first-order valence-electron chi connectivity index (χ1n) is 23.3. The molecule has 0 N–H and O–H groups in total. The van der Waals surface area contributed by atoms with Crippen LogP contribution in [0.25, 0.3) is 49.9 Å². The molecule has 0 saturated carbocycles. The van der Waals surface area contributed by atoms with E-state index in [0.29, 0.717) is 24.3 Å². The maximum atomic E-state index is 8.37. The van der Waals surface area contributed by atoms with Gasteiger partial charge in [0.25, 0.3) is 0 Å². The fourth-order valence-electron chi connectivity index (χ4n) is 8.91. The summed E-state index contributed by atoms with van der Waals surface area (Å²) >= 11 is 0. The summed E-state index contributed by atoms with van der Waals surface area (Å²) in [5, 5.41) is 2.23. The van der Waals surface area contributed by atoms with E-state index in [1.807, 2.05) is 48.7 Å². The first kappa shape index (κ1) is 39.2. The summed E-state index contributed by atoms with van der Waals surface area (Å²) in [4.78, 5) is 9.40. The Morgan fingerprint density at radius 2 is 1.44 bits per heavy atom. The van der Waals surface area contributed by atoms with E-state index in [1.54, 1.807) is 6.07 Å². The van der Waals surface area contributed by atoms with E-state index < -0.39 is 6.85 Å². The fourth-order valence-corrected chi connectivity index (χ4v) is 8.91. The largest absolute Gasteiger partial charge is 0.517 e. The van der Waals surface area contributed by atoms with Crippen molar-refractivity contribution < 1.29 is 29.9 Å². The predicted molar refractivity (Wildman–Crippen MR) is 261 cm³/mol. The third-order valence-electron chi connectivity index (χ3n) is 12.1. The van der Waals surface area contributed by atoms with Crippen molar-refractivity contribution in [3.8, 4) is 33.8 Å². The van der Waals surface area contributed by atoms with Crippen LogP contribution in [0.2, 0.25) is 0 Å². The van der Waals surface area contributed by atoms with Crippen molar-refractivity contribution in [2.45, 2.75) is 58.9 Å². The number of para-hydroxylation sites is 2. The van der Waals surface area contributed by atoms with Gasteiger partial charge in [-0.15, -0.1) is 28.8 Å². The molecule has 0 amide bonds. The number of aromatic nitrogens is 2. The van der Waals surface area contributed by atoms with Crippen LogP contribution in [0.1, 0.15) is 60.0 Å². The summed E-state index contributed by atoms with van der Waals surface area (Å²) in [5.41, 5.74) is 12.8. The van der Waals surface area contributed by atoms with Crippen molar-refractivity contribution in [2.75, 3.05) is 16.3 Å². The molecule has 0 atom stereocenters. The summed E-state index contributed by atoms with van der Waals surface area (Å²) in [6.45, 7) is 7.70. The van der Waals surface area contributed by atoms with Crippen molar-refractivity contribution in [1.29, 1.82) is 0 Å². The normalized spacial score (nSPS) is 13.3. The van der Waals surface area contributed by atoms with Crippen molar-refractivity contribution in [1.82, 2.24) is 9.55 Å². The summed E-state index contributed by atoms with van der Waals surface area (Å²) < 4.78 is 33.8. The third-order valence-corrected chi connectivity index (χ3v) is 12.1. The molecule has 0 fully saturated rings. The number of nitrogens with zero attached hydrogens (tertiary/aromatic N) is 4. The van der Waals surface area contributed by atoms with Crippen LogP contribution in [0.3, 0.4) is 0 Å². The molecule has 0 aliphatic carbocycles. The first-order chi connectivity index (χ1) is 32.0. The van der Waals surface area contributed by atoms with E-state index in [-0.39, 0.29) is 26.5 Å². The average Bonchev–Trinajstić information content (AvgIpc) is 3.88. The number of hydrogen-bond donors (Lipinski definition) is 0. The number of anilines is 3. The quantitative estimate of drug-likeness (QED) is 0.0902. The number of rotatable bonds is 12. The molecule has 0 radical (unpaired) electrons. The summed E-state index contributed by atoms with van der Waals surface area (Å²) in [6.07, 6.45) is 4.23. The maximum absolute atomic E-state index is 8.37. The Morgan fingerprint density at radius 1 is 0.703 bits per heavy atom. The van der Waals surface area contributed by atoms with E-state index in [0.717, 1.165) is 97.5 Å². The second kappa shape index (κ2) is 18.4. The maximum Gasteiger partial charge on any atom is 0.135 e. The standard InChI is InChI=1S/C58H51N4O.Pt/c1-41-18-15-27-49(43-20-7-5-8-21-43)48(41)25-13-14-35-60-40-61(54-30-17-28-50(57(54)60)44-22-9-6-10-23-44)46-24-16-19-42(36-46)39-63-47-31-32-52-51-26-11-12-29-53(51)62(55(52)38-47)56-37-45(33-34-59-56)58(2,3)4;/h5-12,15-24,26-34,37,40H,13-14,25,35,39H2,1-4H3;/q-3;/i1D3;. The molecule has 2 aromatic heterocycles. The topological polar surface area (TPSA) is 33.5 Å². The molecule has 3 heterocycles. The number of benzene rings is 7. The van der Waals surface area contributed by atoms with E-state index in [1.165, 1.54) is 5.56 Å². The van der Waals surface area contributed by atoms with Crippen molar-refractivity contribution in [2.24, 2.45) is 0 Å². The molecule has 322 valence electrons. The Kier molecular flexibility index (Phi) is 11.2. The van der Waals surface area contributed by atoms with Gasteiger partial charge in [-0.05, 0) is 101 Å². The van der Waals surface area contributed by atoms with Crippen LogP contribution in [0.15, 0.2) is 170 Å². The molecule has 5 nitrogen and oxygen atoms in total. The minimum Gasteiger partial charge on any atom is -0.517 e. The van der Waals surface area contributed by atoms with Gasteiger partial charge in [0.05, 0.1) is 6.61 Å². The molecule has 1 aliphatic rings. The van der Waals surface area contributed by atoms with Gasteiger partial charge >= 0.3 is 0 Å². The second-order valence-electron chi connectivity index (χ2n) is 17.3. The van der Waals surface area contributed by atoms with Crippen molar-refractivity contribution in [3.05, 3.63) is 211 Å². The van der Waals surface area contributed by atoms with E-state index in [9.17, 15) is 0 Å². The first-order valence-corrected chi connectivity index (χ1v) is 21.8. The molecule has 7 aromatic carbocycles. The Bertz CT molecular complexity index is 3180. The van der Waals surface area contributed by atoms with Crippen LogP contribution >= 0.6 is 0 Å². The Balaban J connectivity index is 0.00000562. The molecule has 6 heteroatoms. The summed E-state index contributed by atoms with van der Waals surface area (Å²) in [6, 6.07) is 63.1. The molecule has 0 spiro atoms. The van der Waals surface area contributed by atoms with Gasteiger partial charge < -0.3 is 19.1 Å². The van der Waals surface area contributed by atoms with Gasteiger partial charge in [0.1, 0.15) is 5.82 Å². The van der Waals surface area contributed by atoms with Crippen LogP contribution in [0, 0.1) is 25.7 Å². The van der Waals surface area contributed by atoms with Crippen molar-refractivity contribution in [3.63, 3.8) is 0 Å². The third kappa shape index (κ3) is 8.50. The number of ether oxygens (including phenoxy) is 1. The fraction of sp³-hybridized carbons (Fsp3) is 0.172. The SMILES string of the molecule is [2H]C([2H])([2H])c1cccc(-c2ccccc2)c1CCCCN1[CH-]N(c2[c-]c(COc3[c-]c4c(cc3)c3ccccc3n4-c3cc(C(C)(C)C)ccn3)ccc2)c2cccc(-c3ccccc3)c21.[Pt]. The molecule has 10 rings (SSSR count). The van der Waals surface area contributed by atoms with Gasteiger partial charge in [0.15, 0.2) is 0 Å². The van der Waals surface area contributed by atoms with Gasteiger partial charge in [0.2, 0.25) is 0 Å². The zero-order valence-electron chi connectivity index (χ0n) is 39.3. The zero-order chi connectivity index (χ0) is 45.4. The monoisotopic (exact) mass is 1020 g/mol. The molecular formula is C58H51N4OPt-3. The molecule has 1 aliphatic heterocycles. The summed E-state index contributed by atoms with van der Waals surface area (Å²) in [5.74, 6) is 1.50. The summed E-state index contributed by atoms with van der Waals surface area (Å²) in [7, 11) is 0. The van der Waals surface area contributed by atoms with E-state index >= 15 is 0 Å². The Labute approximate surface area is 396 Å². The number of hydrogen-bond acceptors (Lipinski definition) is 4. The van der Waals surface area contributed by atoms with Gasteiger partial charge in [-0.1, -0.05) is 135 Å². The van der Waals surface area contributed by atoms with Gasteiger partial charge in [-0.25, -0.2) is 4.98 Å². The smallest absolute Gasteiger partial charge is 0.135 e. The average molecular weight is 1020 g/mol. The number of pyridine rings is 1. The van der Waals surface area contributed by atoms with Gasteiger partial charge in [-0.3, -0.25) is 0 Å². The number of unbranched alkanes of at least 4 members (excludes halogenated alkanes) is 1. The van der Waals surface area contributed by atoms with Crippen LogP contribution < -0.4 is 14.5 Å². The zero-order valence-corrected chi connectivity index (χ0v) is 38.6. The van der Waals surface area contributed by atoms with Crippen molar-refractivity contribution >= 4 is 38.9 Å². The van der Waals surface area contributed by atoms with E-state index in [4.69, 9.17) is 13.8 Å². The second-order valence-corrected chi connectivity index (χ2v) is 17.3. The van der Waals surface area contributed by atoms with Crippen LogP contribution in [-0.4, -0.2) is 16.1 Å². The van der Waals surface area contributed by atoms with Gasteiger partial charge in [0, 0.05) is 59.6 Å². The van der Waals surface area contributed by atoms with Crippen LogP contribution in [0.4, 0.5) is 17.1 Å². The van der Waals surface area contributed by atoms with Gasteiger partial charge in [-0.2, -0.15) is 37.0 Å². The number of aryl methyl sites for hydroxylation is 1. The van der Waals surface area contributed by atoms with E-state index in [2.05, 4.69) is 169 Å². The van der Waals surface area contributed by atoms with Crippen LogP contribution in [0.5, 0.6) is 5.75 Å². The minimum atomic E-state index is -2.20. The Morgan fingerprint density at radius 3 is 2.23 bits per heavy atom. The Hall–Kier alpha value is -6.42.